The highest BCUT2D eigenvalue weighted by molar-refractivity contribution is 6.36. The second kappa shape index (κ2) is 13.9. The third-order valence-corrected chi connectivity index (χ3v) is 9.47. The smallest absolute Gasteiger partial charge is 0.382 e. The van der Waals surface area contributed by atoms with E-state index in [2.05, 4.69) is 33.9 Å². The standard InChI is InChI=1S/C37H34ClF7N8O/c1-5-19-16-36(41,42)33-28(19)32(37(43,44)45)50-53(33)17-27(54)49-26(14-18-12-20(39)15-21(40)13-18)30-23(7-6-22(48-30)10-11-35(2,3)47)24-8-9-25(38)29-31(24)52(4)51-34(29)46/h5-9,12-13,15,19,23,26,30H,1,14,16-17,47H2,2-4H3,(H2,46,51)(H,49,54)/t19-,23?,26?,30?/m0/s1. The van der Waals surface area contributed by atoms with Gasteiger partial charge in [0, 0.05) is 36.9 Å². The fraction of sp³-hybridized carbons (Fsp3) is 0.351. The van der Waals surface area contributed by atoms with E-state index in [9.17, 15) is 26.7 Å². The number of nitrogens with zero attached hydrogens (tertiary/aromatic N) is 5. The average molecular weight is 775 g/mol. The molecule has 0 saturated heterocycles. The summed E-state index contributed by atoms with van der Waals surface area (Å²) in [6, 6.07) is 3.84. The monoisotopic (exact) mass is 774 g/mol. The second-order valence-electron chi connectivity index (χ2n) is 13.9. The molecule has 6 rings (SSSR count). The SMILES string of the molecule is C=C[C@H]1CC(F)(F)c2c1c(C(F)(F)F)nn2CC(=O)NC(Cc1cc(F)cc(F)c1)C1N=C(C#CC(C)(C)N)C=CC1c1ccc(Cl)c2c(N)nn(C)c12. The Balaban J connectivity index is 1.47. The number of allylic oxidation sites excluding steroid dienone is 2. The van der Waals surface area contributed by atoms with Crippen LogP contribution in [0.3, 0.4) is 0 Å². The van der Waals surface area contributed by atoms with Crippen molar-refractivity contribution in [2.24, 2.45) is 17.8 Å². The molecule has 0 fully saturated rings. The number of aryl methyl sites for hydroxylation is 1. The van der Waals surface area contributed by atoms with Crippen molar-refractivity contribution in [3.05, 3.63) is 99.9 Å². The number of hydrogen-bond acceptors (Lipinski definition) is 6. The number of carbonyl (C=O) groups is 1. The van der Waals surface area contributed by atoms with Crippen molar-refractivity contribution in [3.8, 4) is 11.8 Å². The summed E-state index contributed by atoms with van der Waals surface area (Å²) in [5.41, 5.74) is 9.40. The molecule has 284 valence electrons. The number of nitrogen functional groups attached to an aromatic ring is 1. The molecule has 0 spiro atoms. The van der Waals surface area contributed by atoms with Crippen LogP contribution in [0.2, 0.25) is 5.02 Å². The molecule has 1 aliphatic carbocycles. The first kappa shape index (κ1) is 38.6. The maximum Gasteiger partial charge on any atom is 0.435 e. The second-order valence-corrected chi connectivity index (χ2v) is 14.3. The number of aliphatic imine (C=N–C) groups is 1. The van der Waals surface area contributed by atoms with E-state index in [0.717, 1.165) is 18.2 Å². The molecule has 3 heterocycles. The van der Waals surface area contributed by atoms with Crippen molar-refractivity contribution in [1.29, 1.82) is 0 Å². The molecule has 0 saturated carbocycles. The van der Waals surface area contributed by atoms with E-state index in [-0.39, 0.29) is 23.5 Å². The number of halogens is 8. The third kappa shape index (κ3) is 7.60. The van der Waals surface area contributed by atoms with Crippen LogP contribution in [0.1, 0.15) is 60.2 Å². The van der Waals surface area contributed by atoms with Crippen molar-refractivity contribution in [2.45, 2.75) is 74.8 Å². The first-order valence-corrected chi connectivity index (χ1v) is 17.0. The van der Waals surface area contributed by atoms with Gasteiger partial charge in [-0.25, -0.2) is 8.78 Å². The van der Waals surface area contributed by atoms with E-state index < -0.39 is 89.0 Å². The summed E-state index contributed by atoms with van der Waals surface area (Å²) in [6.45, 7) is 5.70. The summed E-state index contributed by atoms with van der Waals surface area (Å²) >= 11 is 6.51. The van der Waals surface area contributed by atoms with Crippen LogP contribution in [-0.4, -0.2) is 48.8 Å². The summed E-state index contributed by atoms with van der Waals surface area (Å²) in [4.78, 5) is 18.7. The fourth-order valence-corrected chi connectivity index (χ4v) is 7.32. The van der Waals surface area contributed by atoms with Gasteiger partial charge in [0.1, 0.15) is 29.6 Å². The summed E-state index contributed by atoms with van der Waals surface area (Å²) in [7, 11) is 1.64. The number of benzene rings is 2. The molecule has 4 aromatic rings. The van der Waals surface area contributed by atoms with Crippen molar-refractivity contribution in [1.82, 2.24) is 24.9 Å². The van der Waals surface area contributed by atoms with Gasteiger partial charge in [-0.1, -0.05) is 35.7 Å². The summed E-state index contributed by atoms with van der Waals surface area (Å²) < 4.78 is 104. The molecule has 2 aromatic carbocycles. The maximum atomic E-state index is 15.3. The van der Waals surface area contributed by atoms with Crippen LogP contribution in [0, 0.1) is 23.5 Å². The normalized spacial score (nSPS) is 19.9. The maximum absolute atomic E-state index is 15.3. The van der Waals surface area contributed by atoms with Gasteiger partial charge >= 0.3 is 6.18 Å². The van der Waals surface area contributed by atoms with Crippen molar-refractivity contribution in [3.63, 3.8) is 0 Å². The zero-order valence-electron chi connectivity index (χ0n) is 29.1. The Hall–Kier alpha value is -5.14. The number of alkyl halides is 5. The first-order valence-electron chi connectivity index (χ1n) is 16.6. The van der Waals surface area contributed by atoms with Gasteiger partial charge in [0.2, 0.25) is 5.91 Å². The molecule has 4 atom stereocenters. The van der Waals surface area contributed by atoms with E-state index in [4.69, 9.17) is 28.1 Å². The quantitative estimate of drug-likeness (QED) is 0.104. The van der Waals surface area contributed by atoms with Gasteiger partial charge in [0.25, 0.3) is 5.92 Å². The number of fused-ring (bicyclic) bond motifs is 2. The fourth-order valence-electron chi connectivity index (χ4n) is 7.07. The molecule has 17 heteroatoms. The zero-order chi connectivity index (χ0) is 39.5. The molecule has 2 aromatic heterocycles. The molecule has 0 bridgehead atoms. The van der Waals surface area contributed by atoms with Gasteiger partial charge in [0.15, 0.2) is 11.5 Å². The van der Waals surface area contributed by atoms with Crippen molar-refractivity contribution in [2.75, 3.05) is 5.73 Å². The zero-order valence-corrected chi connectivity index (χ0v) is 29.8. The number of nitrogens with one attached hydrogen (secondary N) is 1. The van der Waals surface area contributed by atoms with Crippen molar-refractivity contribution >= 4 is 39.9 Å². The Morgan fingerprint density at radius 3 is 2.50 bits per heavy atom. The molecule has 9 nitrogen and oxygen atoms in total. The number of dihydropyridines is 1. The number of nitrogens with two attached hydrogens (primary N) is 2. The lowest BCUT2D eigenvalue weighted by Gasteiger charge is -2.33. The largest absolute Gasteiger partial charge is 0.435 e. The van der Waals surface area contributed by atoms with Gasteiger partial charge in [-0.2, -0.15) is 32.1 Å². The molecule has 2 aliphatic rings. The van der Waals surface area contributed by atoms with E-state index in [1.807, 2.05) is 0 Å². The first-order chi connectivity index (χ1) is 25.2. The van der Waals surface area contributed by atoms with Crippen LogP contribution in [0.4, 0.5) is 36.6 Å². The van der Waals surface area contributed by atoms with Gasteiger partial charge in [0.05, 0.1) is 33.5 Å². The number of aromatic nitrogens is 4. The lowest BCUT2D eigenvalue weighted by molar-refractivity contribution is -0.142. The minimum absolute atomic E-state index is 0.0859. The topological polar surface area (TPSA) is 129 Å². The molecule has 0 radical (unpaired) electrons. The van der Waals surface area contributed by atoms with Gasteiger partial charge in [-0.15, -0.1) is 6.58 Å². The number of amides is 1. The van der Waals surface area contributed by atoms with Gasteiger partial charge < -0.3 is 16.8 Å². The number of hydrogen-bond donors (Lipinski definition) is 3. The molecule has 1 amide bonds. The number of anilines is 1. The molecule has 54 heavy (non-hydrogen) atoms. The van der Waals surface area contributed by atoms with Gasteiger partial charge in [-0.05, 0) is 61.6 Å². The lowest BCUT2D eigenvalue weighted by atomic mass is 9.82. The molecule has 3 unspecified atom stereocenters. The highest BCUT2D eigenvalue weighted by Gasteiger charge is 2.53. The summed E-state index contributed by atoms with van der Waals surface area (Å²) in [5, 5.41) is 11.2. The number of rotatable bonds is 8. The lowest BCUT2D eigenvalue weighted by Crippen LogP contribution is -2.48. The Morgan fingerprint density at radius 2 is 1.87 bits per heavy atom. The minimum atomic E-state index is -5.11. The predicted molar refractivity (Wildman–Crippen MR) is 190 cm³/mol. The Morgan fingerprint density at radius 1 is 1.19 bits per heavy atom. The average Bonchev–Trinajstić information content (AvgIpc) is 3.68. The van der Waals surface area contributed by atoms with Crippen LogP contribution < -0.4 is 16.8 Å². The summed E-state index contributed by atoms with van der Waals surface area (Å²) in [6.07, 6.45) is -2.00. The van der Waals surface area contributed by atoms with Crippen LogP contribution in [-0.2, 0) is 36.9 Å². The van der Waals surface area contributed by atoms with Crippen LogP contribution >= 0.6 is 11.6 Å². The minimum Gasteiger partial charge on any atom is -0.382 e. The third-order valence-electron chi connectivity index (χ3n) is 9.15. The van der Waals surface area contributed by atoms with E-state index in [0.29, 0.717) is 32.2 Å². The number of carbonyl (C=O) groups excluding carboxylic acids is 1. The molecule has 5 N–H and O–H groups in total. The van der Waals surface area contributed by atoms with Crippen LogP contribution in [0.15, 0.2) is 60.1 Å². The summed E-state index contributed by atoms with van der Waals surface area (Å²) in [5.74, 6) is -2.79. The van der Waals surface area contributed by atoms with Crippen molar-refractivity contribution < 1.29 is 35.5 Å². The van der Waals surface area contributed by atoms with Gasteiger partial charge in [-0.3, -0.25) is 19.2 Å². The van der Waals surface area contributed by atoms with E-state index >= 15 is 8.78 Å². The Bertz CT molecular complexity index is 2270. The Labute approximate surface area is 309 Å². The highest BCUT2D eigenvalue weighted by atomic mass is 35.5. The highest BCUT2D eigenvalue weighted by Crippen LogP contribution is 2.52. The van der Waals surface area contributed by atoms with Crippen LogP contribution in [0.5, 0.6) is 0 Å². The van der Waals surface area contributed by atoms with E-state index in [1.165, 1.54) is 4.68 Å². The van der Waals surface area contributed by atoms with Crippen LogP contribution in [0.25, 0.3) is 10.9 Å². The molecular formula is C37H34ClF7N8O. The molecular weight excluding hydrogens is 741 g/mol. The van der Waals surface area contributed by atoms with E-state index in [1.54, 1.807) is 45.2 Å². The molecule has 1 aliphatic heterocycles. The Kier molecular flexibility index (Phi) is 9.95. The predicted octanol–water partition coefficient (Wildman–Crippen LogP) is 6.70.